The second-order valence-corrected chi connectivity index (χ2v) is 8.19. The van der Waals surface area contributed by atoms with Crippen LogP contribution in [0.4, 0.5) is 13.2 Å². The van der Waals surface area contributed by atoms with Crippen molar-refractivity contribution in [2.75, 3.05) is 46.3 Å². The maximum absolute atomic E-state index is 12.5. The van der Waals surface area contributed by atoms with Gasteiger partial charge in [0.15, 0.2) is 5.96 Å². The Balaban J connectivity index is 0.00000480. The molecule has 178 valence electrons. The van der Waals surface area contributed by atoms with E-state index in [0.717, 1.165) is 38.4 Å². The first-order valence-corrected chi connectivity index (χ1v) is 10.8. The summed E-state index contributed by atoms with van der Waals surface area (Å²) in [5.74, 6) is 0.920. The standard InChI is InChI=1S/C22H36F3N5.HI/c1-4-26-21(28-14-20-11-13-30(16-20)17-22(23,24)25)27-12-10-18(2)29(3)15-19-8-6-5-7-9-19;/h5-9,18,20H,4,10-17H2,1-3H3,(H2,26,27,28);1H. The quantitative estimate of drug-likeness (QED) is 0.261. The summed E-state index contributed by atoms with van der Waals surface area (Å²) >= 11 is 0. The molecule has 1 aliphatic heterocycles. The summed E-state index contributed by atoms with van der Waals surface area (Å²) < 4.78 is 37.6. The third kappa shape index (κ3) is 11.4. The van der Waals surface area contributed by atoms with E-state index in [1.165, 1.54) is 10.5 Å². The van der Waals surface area contributed by atoms with Gasteiger partial charge >= 0.3 is 6.18 Å². The molecule has 0 aliphatic carbocycles. The Labute approximate surface area is 201 Å². The van der Waals surface area contributed by atoms with E-state index in [-0.39, 0.29) is 29.9 Å². The summed E-state index contributed by atoms with van der Waals surface area (Å²) in [5, 5.41) is 6.59. The van der Waals surface area contributed by atoms with Crippen LogP contribution in [0.1, 0.15) is 32.3 Å². The number of benzene rings is 1. The molecule has 1 saturated heterocycles. The van der Waals surface area contributed by atoms with Crippen molar-refractivity contribution in [2.24, 2.45) is 10.9 Å². The van der Waals surface area contributed by atoms with E-state index < -0.39 is 12.7 Å². The summed E-state index contributed by atoms with van der Waals surface area (Å²) in [6.07, 6.45) is -2.39. The highest BCUT2D eigenvalue weighted by Crippen LogP contribution is 2.22. The molecule has 2 atom stereocenters. The molecular formula is C22H37F3IN5. The Bertz CT molecular complexity index is 642. The molecule has 2 N–H and O–H groups in total. The lowest BCUT2D eigenvalue weighted by molar-refractivity contribution is -0.143. The van der Waals surface area contributed by atoms with Crippen LogP contribution in [0.15, 0.2) is 35.3 Å². The van der Waals surface area contributed by atoms with Gasteiger partial charge in [-0.2, -0.15) is 13.2 Å². The Kier molecular flexibility index (Phi) is 12.8. The molecule has 0 radical (unpaired) electrons. The number of halogens is 4. The molecule has 31 heavy (non-hydrogen) atoms. The highest BCUT2D eigenvalue weighted by molar-refractivity contribution is 14.0. The first-order chi connectivity index (χ1) is 14.3. The first-order valence-electron chi connectivity index (χ1n) is 10.8. The highest BCUT2D eigenvalue weighted by atomic mass is 127. The van der Waals surface area contributed by atoms with Crippen LogP contribution < -0.4 is 10.6 Å². The van der Waals surface area contributed by atoms with E-state index in [0.29, 0.717) is 25.7 Å². The number of alkyl halides is 3. The van der Waals surface area contributed by atoms with Gasteiger partial charge < -0.3 is 10.6 Å². The molecule has 0 aromatic heterocycles. The molecule has 1 aromatic rings. The zero-order valence-corrected chi connectivity index (χ0v) is 21.1. The molecule has 9 heteroatoms. The van der Waals surface area contributed by atoms with Crippen LogP contribution in [-0.2, 0) is 6.54 Å². The number of nitrogens with zero attached hydrogens (tertiary/aromatic N) is 3. The number of nitrogens with one attached hydrogen (secondary N) is 2. The summed E-state index contributed by atoms with van der Waals surface area (Å²) in [6, 6.07) is 10.8. The van der Waals surface area contributed by atoms with Crippen molar-refractivity contribution in [3.63, 3.8) is 0 Å². The van der Waals surface area contributed by atoms with Gasteiger partial charge in [-0.05, 0) is 51.8 Å². The Morgan fingerprint density at radius 3 is 2.61 bits per heavy atom. The topological polar surface area (TPSA) is 42.9 Å². The normalized spacial score (nSPS) is 18.7. The third-order valence-electron chi connectivity index (χ3n) is 5.51. The number of hydrogen-bond donors (Lipinski definition) is 2. The predicted molar refractivity (Wildman–Crippen MR) is 132 cm³/mol. The lowest BCUT2D eigenvalue weighted by Gasteiger charge is -2.25. The number of hydrogen-bond acceptors (Lipinski definition) is 3. The van der Waals surface area contributed by atoms with Crippen LogP contribution in [0.25, 0.3) is 0 Å². The third-order valence-corrected chi connectivity index (χ3v) is 5.51. The number of rotatable bonds is 10. The van der Waals surface area contributed by atoms with Crippen molar-refractivity contribution < 1.29 is 13.2 Å². The average Bonchev–Trinajstić information content (AvgIpc) is 3.12. The largest absolute Gasteiger partial charge is 0.401 e. The summed E-state index contributed by atoms with van der Waals surface area (Å²) in [4.78, 5) is 8.41. The Morgan fingerprint density at radius 2 is 1.97 bits per heavy atom. The minimum absolute atomic E-state index is 0. The molecule has 2 unspecified atom stereocenters. The average molecular weight is 555 g/mol. The van der Waals surface area contributed by atoms with E-state index in [2.05, 4.69) is 58.8 Å². The highest BCUT2D eigenvalue weighted by Gasteiger charge is 2.34. The monoisotopic (exact) mass is 555 g/mol. The Hall–Kier alpha value is -1.07. The zero-order chi connectivity index (χ0) is 22.0. The fourth-order valence-corrected chi connectivity index (χ4v) is 3.67. The van der Waals surface area contributed by atoms with E-state index in [9.17, 15) is 13.2 Å². The maximum Gasteiger partial charge on any atom is 0.401 e. The molecule has 0 amide bonds. The number of likely N-dealkylation sites (tertiary alicyclic amines) is 1. The number of guanidine groups is 1. The molecule has 2 rings (SSSR count). The van der Waals surface area contributed by atoms with E-state index in [1.54, 1.807) is 0 Å². The van der Waals surface area contributed by atoms with Crippen molar-refractivity contribution in [3.05, 3.63) is 35.9 Å². The van der Waals surface area contributed by atoms with Gasteiger partial charge in [-0.3, -0.25) is 14.8 Å². The summed E-state index contributed by atoms with van der Waals surface area (Å²) in [5.41, 5.74) is 1.30. The minimum atomic E-state index is -4.13. The van der Waals surface area contributed by atoms with Crippen LogP contribution in [0.3, 0.4) is 0 Å². The van der Waals surface area contributed by atoms with Crippen LogP contribution in [0.5, 0.6) is 0 Å². The van der Waals surface area contributed by atoms with Gasteiger partial charge in [0.1, 0.15) is 0 Å². The van der Waals surface area contributed by atoms with Crippen LogP contribution in [0, 0.1) is 5.92 Å². The Morgan fingerprint density at radius 1 is 1.26 bits per heavy atom. The van der Waals surface area contributed by atoms with Gasteiger partial charge in [-0.15, -0.1) is 24.0 Å². The van der Waals surface area contributed by atoms with Crippen molar-refractivity contribution in [2.45, 2.75) is 45.5 Å². The van der Waals surface area contributed by atoms with Crippen molar-refractivity contribution in [1.82, 2.24) is 20.4 Å². The van der Waals surface area contributed by atoms with E-state index in [4.69, 9.17) is 0 Å². The molecule has 1 aromatic carbocycles. The molecule has 0 saturated carbocycles. The summed E-state index contributed by atoms with van der Waals surface area (Å²) in [7, 11) is 2.13. The van der Waals surface area contributed by atoms with Gasteiger partial charge in [0.25, 0.3) is 0 Å². The van der Waals surface area contributed by atoms with E-state index in [1.807, 2.05) is 13.0 Å². The van der Waals surface area contributed by atoms with E-state index >= 15 is 0 Å². The fraction of sp³-hybridized carbons (Fsp3) is 0.682. The first kappa shape index (κ1) is 28.0. The zero-order valence-electron chi connectivity index (χ0n) is 18.8. The molecule has 5 nitrogen and oxygen atoms in total. The lowest BCUT2D eigenvalue weighted by atomic mass is 10.1. The van der Waals surface area contributed by atoms with Gasteiger partial charge in [0.05, 0.1) is 6.54 Å². The second kappa shape index (κ2) is 14.2. The maximum atomic E-state index is 12.5. The molecule has 1 heterocycles. The van der Waals surface area contributed by atoms with Crippen molar-refractivity contribution >= 4 is 29.9 Å². The van der Waals surface area contributed by atoms with Crippen LogP contribution in [0.2, 0.25) is 0 Å². The van der Waals surface area contributed by atoms with Crippen LogP contribution in [-0.4, -0.2) is 74.3 Å². The number of aliphatic imine (C=N–C) groups is 1. The van der Waals surface area contributed by atoms with Gasteiger partial charge in [-0.25, -0.2) is 0 Å². The lowest BCUT2D eigenvalue weighted by Crippen LogP contribution is -2.40. The molecule has 1 aliphatic rings. The molecular weight excluding hydrogens is 518 g/mol. The van der Waals surface area contributed by atoms with Crippen molar-refractivity contribution in [1.29, 1.82) is 0 Å². The fourth-order valence-electron chi connectivity index (χ4n) is 3.67. The van der Waals surface area contributed by atoms with Crippen LogP contribution >= 0.6 is 24.0 Å². The molecule has 1 fully saturated rings. The second-order valence-electron chi connectivity index (χ2n) is 8.19. The summed E-state index contributed by atoms with van der Waals surface area (Å²) in [6.45, 7) is 7.35. The smallest absolute Gasteiger partial charge is 0.357 e. The van der Waals surface area contributed by atoms with Crippen molar-refractivity contribution in [3.8, 4) is 0 Å². The minimum Gasteiger partial charge on any atom is -0.357 e. The SMILES string of the molecule is CCNC(=NCC1CCN(CC(F)(F)F)C1)NCCC(C)N(C)Cc1ccccc1.I. The van der Waals surface area contributed by atoms with Gasteiger partial charge in [0, 0.05) is 38.8 Å². The van der Waals surface area contributed by atoms with Gasteiger partial charge in [0.2, 0.25) is 0 Å². The predicted octanol–water partition coefficient (Wildman–Crippen LogP) is 3.95. The molecule has 0 spiro atoms. The van der Waals surface area contributed by atoms with Gasteiger partial charge in [-0.1, -0.05) is 30.3 Å². The molecule has 0 bridgehead atoms.